The van der Waals surface area contributed by atoms with Gasteiger partial charge in [-0.2, -0.15) is 0 Å². The third-order valence-corrected chi connectivity index (χ3v) is 4.66. The molecule has 2 N–H and O–H groups in total. The Morgan fingerprint density at radius 3 is 2.68 bits per heavy atom. The van der Waals surface area contributed by atoms with Gasteiger partial charge >= 0.3 is 0 Å². The molecule has 1 fully saturated rings. The zero-order valence-electron chi connectivity index (χ0n) is 17.7. The normalized spacial score (nSPS) is 15.4. The Morgan fingerprint density at radius 1 is 1.21 bits per heavy atom. The number of nitrogens with zero attached hydrogens (tertiary/aromatic N) is 1. The van der Waals surface area contributed by atoms with E-state index in [1.165, 1.54) is 24.0 Å². The quantitative estimate of drug-likeness (QED) is 0.214. The van der Waals surface area contributed by atoms with Gasteiger partial charge in [0.15, 0.2) is 5.96 Å². The van der Waals surface area contributed by atoms with Gasteiger partial charge in [0.25, 0.3) is 0 Å². The van der Waals surface area contributed by atoms with Gasteiger partial charge in [-0.05, 0) is 49.7 Å². The zero-order valence-corrected chi connectivity index (χ0v) is 20.0. The van der Waals surface area contributed by atoms with E-state index in [-0.39, 0.29) is 24.0 Å². The Hall–Kier alpha value is -0.860. The molecule has 5 nitrogen and oxygen atoms in total. The third kappa shape index (κ3) is 10.6. The van der Waals surface area contributed by atoms with Crippen LogP contribution < -0.4 is 10.6 Å². The van der Waals surface area contributed by atoms with Gasteiger partial charge in [-0.3, -0.25) is 0 Å². The van der Waals surface area contributed by atoms with Gasteiger partial charge in [-0.15, -0.1) is 24.0 Å². The van der Waals surface area contributed by atoms with Crippen LogP contribution in [-0.2, 0) is 22.6 Å². The molecule has 28 heavy (non-hydrogen) atoms. The van der Waals surface area contributed by atoms with Crippen molar-refractivity contribution in [2.45, 2.75) is 65.7 Å². The summed E-state index contributed by atoms with van der Waals surface area (Å²) in [5, 5.41) is 6.76. The molecule has 1 aliphatic rings. The second-order valence-corrected chi connectivity index (χ2v) is 7.60. The highest BCUT2D eigenvalue weighted by molar-refractivity contribution is 14.0. The fourth-order valence-corrected chi connectivity index (χ4v) is 3.10. The van der Waals surface area contributed by atoms with Gasteiger partial charge in [0, 0.05) is 26.3 Å². The van der Waals surface area contributed by atoms with Crippen molar-refractivity contribution >= 4 is 29.9 Å². The number of aliphatic imine (C=N–C) groups is 1. The summed E-state index contributed by atoms with van der Waals surface area (Å²) in [6.45, 7) is 11.4. The summed E-state index contributed by atoms with van der Waals surface area (Å²) in [6.07, 6.45) is 4.73. The summed E-state index contributed by atoms with van der Waals surface area (Å²) in [5.74, 6) is 1.64. The van der Waals surface area contributed by atoms with Crippen molar-refractivity contribution in [2.24, 2.45) is 10.9 Å². The van der Waals surface area contributed by atoms with Crippen LogP contribution in [0.1, 0.15) is 57.6 Å². The van der Waals surface area contributed by atoms with Gasteiger partial charge in [0.1, 0.15) is 0 Å². The molecule has 0 aromatic heterocycles. The average molecular weight is 503 g/mol. The molecule has 0 amide bonds. The van der Waals surface area contributed by atoms with E-state index < -0.39 is 0 Å². The molecule has 1 aromatic carbocycles. The predicted octanol–water partition coefficient (Wildman–Crippen LogP) is 4.49. The molecule has 0 spiro atoms. The third-order valence-electron chi connectivity index (χ3n) is 4.66. The summed E-state index contributed by atoms with van der Waals surface area (Å²) < 4.78 is 11.4. The van der Waals surface area contributed by atoms with Crippen LogP contribution in [-0.4, -0.2) is 38.4 Å². The maximum Gasteiger partial charge on any atom is 0.191 e. The first-order valence-corrected chi connectivity index (χ1v) is 10.5. The Balaban J connectivity index is 0.00000392. The molecule has 1 heterocycles. The predicted molar refractivity (Wildman–Crippen MR) is 127 cm³/mol. The lowest BCUT2D eigenvalue weighted by atomic mass is 10.1. The first-order chi connectivity index (χ1) is 13.2. The maximum absolute atomic E-state index is 6.03. The summed E-state index contributed by atoms with van der Waals surface area (Å²) in [4.78, 5) is 4.73. The minimum Gasteiger partial charge on any atom is -0.381 e. The Bertz CT molecular complexity index is 560. The summed E-state index contributed by atoms with van der Waals surface area (Å²) in [5.41, 5.74) is 2.42. The molecule has 0 aliphatic carbocycles. The lowest BCUT2D eigenvalue weighted by Crippen LogP contribution is -2.37. The molecular formula is C22H38IN3O2. The first-order valence-electron chi connectivity index (χ1n) is 10.5. The van der Waals surface area contributed by atoms with Crippen LogP contribution in [0.4, 0.5) is 0 Å². The molecule has 1 aliphatic heterocycles. The van der Waals surface area contributed by atoms with Crippen molar-refractivity contribution in [3.05, 3.63) is 35.4 Å². The lowest BCUT2D eigenvalue weighted by molar-refractivity contribution is -0.0390. The minimum absolute atomic E-state index is 0. The second kappa shape index (κ2) is 15.0. The zero-order chi connectivity index (χ0) is 19.3. The number of nitrogens with one attached hydrogen (secondary N) is 2. The minimum atomic E-state index is 0. The second-order valence-electron chi connectivity index (χ2n) is 7.60. The van der Waals surface area contributed by atoms with E-state index >= 15 is 0 Å². The number of benzene rings is 1. The summed E-state index contributed by atoms with van der Waals surface area (Å²) in [6, 6.07) is 8.55. The van der Waals surface area contributed by atoms with Gasteiger partial charge in [0.05, 0.1) is 19.3 Å². The highest BCUT2D eigenvalue weighted by Crippen LogP contribution is 2.14. The van der Waals surface area contributed by atoms with Crippen LogP contribution in [0.3, 0.4) is 0 Å². The molecular weight excluding hydrogens is 465 g/mol. The smallest absolute Gasteiger partial charge is 0.191 e. The fraction of sp³-hybridized carbons (Fsp3) is 0.682. The van der Waals surface area contributed by atoms with Crippen LogP contribution in [0.5, 0.6) is 0 Å². The van der Waals surface area contributed by atoms with Gasteiger partial charge in [-0.25, -0.2) is 4.99 Å². The molecule has 1 aromatic rings. The van der Waals surface area contributed by atoms with Crippen molar-refractivity contribution in [1.29, 1.82) is 0 Å². The number of hydrogen-bond donors (Lipinski definition) is 2. The van der Waals surface area contributed by atoms with Crippen LogP contribution in [0.25, 0.3) is 0 Å². The van der Waals surface area contributed by atoms with Crippen LogP contribution in [0.2, 0.25) is 0 Å². The highest BCUT2D eigenvalue weighted by atomic mass is 127. The molecule has 0 radical (unpaired) electrons. The summed E-state index contributed by atoms with van der Waals surface area (Å²) in [7, 11) is 0. The Labute approximate surface area is 188 Å². The Morgan fingerprint density at radius 2 is 1.96 bits per heavy atom. The van der Waals surface area contributed by atoms with Crippen molar-refractivity contribution in [1.82, 2.24) is 10.6 Å². The first kappa shape index (κ1) is 25.2. The van der Waals surface area contributed by atoms with E-state index in [1.807, 2.05) is 0 Å². The van der Waals surface area contributed by atoms with E-state index in [4.69, 9.17) is 14.5 Å². The fourth-order valence-electron chi connectivity index (χ4n) is 3.10. The number of ether oxygens (including phenoxy) is 2. The lowest BCUT2D eigenvalue weighted by Gasteiger charge is -2.22. The SMILES string of the molecule is CCNC(=NCc1cccc(COC2CCOCC2)c1)NCCCC(C)C.I. The average Bonchev–Trinajstić information content (AvgIpc) is 2.68. The standard InChI is InChI=1S/C22H37N3O2.HI/c1-4-23-22(24-12-6-7-18(2)3)25-16-19-8-5-9-20(15-19)17-27-21-10-13-26-14-11-21;/h5,8-9,15,18,21H,4,6-7,10-14,16-17H2,1-3H3,(H2,23,24,25);1H. The van der Waals surface area contributed by atoms with Crippen molar-refractivity contribution < 1.29 is 9.47 Å². The molecule has 0 saturated carbocycles. The molecule has 2 rings (SSSR count). The molecule has 0 unspecified atom stereocenters. The molecule has 0 bridgehead atoms. The Kier molecular flexibility index (Phi) is 13.5. The maximum atomic E-state index is 6.03. The highest BCUT2D eigenvalue weighted by Gasteiger charge is 2.14. The largest absolute Gasteiger partial charge is 0.381 e. The summed E-state index contributed by atoms with van der Waals surface area (Å²) >= 11 is 0. The van der Waals surface area contributed by atoms with Crippen LogP contribution in [0, 0.1) is 5.92 Å². The van der Waals surface area contributed by atoms with E-state index in [0.29, 0.717) is 19.3 Å². The number of guanidine groups is 1. The van der Waals surface area contributed by atoms with E-state index in [2.05, 4.69) is 55.7 Å². The number of rotatable bonds is 10. The van der Waals surface area contributed by atoms with Crippen molar-refractivity contribution in [3.8, 4) is 0 Å². The molecule has 1 saturated heterocycles. The van der Waals surface area contributed by atoms with E-state index in [9.17, 15) is 0 Å². The van der Waals surface area contributed by atoms with Gasteiger partial charge in [-0.1, -0.05) is 38.1 Å². The van der Waals surface area contributed by atoms with Crippen LogP contribution >= 0.6 is 24.0 Å². The van der Waals surface area contributed by atoms with Gasteiger partial charge < -0.3 is 20.1 Å². The molecule has 0 atom stereocenters. The molecule has 160 valence electrons. The topological polar surface area (TPSA) is 54.9 Å². The number of hydrogen-bond acceptors (Lipinski definition) is 3. The van der Waals surface area contributed by atoms with Crippen LogP contribution in [0.15, 0.2) is 29.3 Å². The van der Waals surface area contributed by atoms with Crippen molar-refractivity contribution in [2.75, 3.05) is 26.3 Å². The van der Waals surface area contributed by atoms with E-state index in [0.717, 1.165) is 51.0 Å². The monoisotopic (exact) mass is 503 g/mol. The van der Waals surface area contributed by atoms with Gasteiger partial charge in [0.2, 0.25) is 0 Å². The molecule has 6 heteroatoms. The van der Waals surface area contributed by atoms with Crippen molar-refractivity contribution in [3.63, 3.8) is 0 Å². The number of halogens is 1. The van der Waals surface area contributed by atoms with E-state index in [1.54, 1.807) is 0 Å².